The zero-order valence-corrected chi connectivity index (χ0v) is 11.2. The second-order valence-electron chi connectivity index (χ2n) is 5.04. The van der Waals surface area contributed by atoms with Crippen LogP contribution in [0.1, 0.15) is 28.4 Å². The minimum Gasteiger partial charge on any atom is -0.318 e. The average Bonchev–Trinajstić information content (AvgIpc) is 2.73. The van der Waals surface area contributed by atoms with Crippen molar-refractivity contribution >= 4 is 30.1 Å². The monoisotopic (exact) mass is 255 g/mol. The average molecular weight is 255 g/mol. The maximum atomic E-state index is 11.9. The van der Waals surface area contributed by atoms with Gasteiger partial charge >= 0.3 is 0 Å². The van der Waals surface area contributed by atoms with Gasteiger partial charge in [-0.15, -0.1) is 0 Å². The molecule has 2 aliphatic rings. The van der Waals surface area contributed by atoms with Gasteiger partial charge in [0.15, 0.2) is 0 Å². The van der Waals surface area contributed by atoms with Crippen molar-refractivity contribution in [3.8, 4) is 0 Å². The minimum absolute atomic E-state index is 0.408. The number of hydrogen-bond donors (Lipinski definition) is 1. The molecular formula is C14H16BN2O2. The van der Waals surface area contributed by atoms with E-state index in [4.69, 9.17) is 0 Å². The number of benzene rings is 1. The lowest BCUT2D eigenvalue weighted by Crippen LogP contribution is -2.35. The van der Waals surface area contributed by atoms with Crippen molar-refractivity contribution in [2.75, 3.05) is 18.4 Å². The smallest absolute Gasteiger partial charge is 0.296 e. The fourth-order valence-electron chi connectivity index (χ4n) is 2.99. The van der Waals surface area contributed by atoms with Crippen molar-refractivity contribution in [3.05, 3.63) is 22.8 Å². The molecule has 0 bridgehead atoms. The molecule has 4 nitrogen and oxygen atoms in total. The maximum absolute atomic E-state index is 11.9. The lowest BCUT2D eigenvalue weighted by Gasteiger charge is -2.30. The molecule has 1 N–H and O–H groups in total. The summed E-state index contributed by atoms with van der Waals surface area (Å²) in [5, 5.41) is 2.74. The van der Waals surface area contributed by atoms with Crippen LogP contribution in [0.2, 0.25) is 6.82 Å². The summed E-state index contributed by atoms with van der Waals surface area (Å²) in [5.41, 5.74) is 4.77. The van der Waals surface area contributed by atoms with E-state index in [0.29, 0.717) is 5.56 Å². The van der Waals surface area contributed by atoms with Gasteiger partial charge in [-0.2, -0.15) is 0 Å². The van der Waals surface area contributed by atoms with E-state index < -0.39 is 11.7 Å². The SMILES string of the molecule is C[B]c1cc2c(c3c1CCN(CC)C3)NC(=O)C2=O. The Morgan fingerprint density at radius 1 is 1.37 bits per heavy atom. The number of Topliss-reactive ketones (excluding diaryl/α,β-unsaturated/α-hetero) is 1. The van der Waals surface area contributed by atoms with Crippen molar-refractivity contribution in [3.63, 3.8) is 0 Å². The van der Waals surface area contributed by atoms with Gasteiger partial charge in [0.1, 0.15) is 7.28 Å². The normalized spacial score (nSPS) is 18.0. The van der Waals surface area contributed by atoms with Gasteiger partial charge in [0, 0.05) is 13.1 Å². The van der Waals surface area contributed by atoms with Gasteiger partial charge in [-0.3, -0.25) is 14.5 Å². The van der Waals surface area contributed by atoms with Crippen LogP contribution in [0.3, 0.4) is 0 Å². The first-order valence-corrected chi connectivity index (χ1v) is 6.71. The number of hydrogen-bond acceptors (Lipinski definition) is 3. The number of fused-ring (bicyclic) bond motifs is 3. The third-order valence-corrected chi connectivity index (χ3v) is 4.09. The highest BCUT2D eigenvalue weighted by Crippen LogP contribution is 2.32. The molecule has 1 aromatic carbocycles. The van der Waals surface area contributed by atoms with E-state index in [1.54, 1.807) is 0 Å². The van der Waals surface area contributed by atoms with Gasteiger partial charge < -0.3 is 5.32 Å². The first kappa shape index (κ1) is 12.4. The number of carbonyl (C=O) groups excluding carboxylic acids is 2. The first-order chi connectivity index (χ1) is 9.15. The highest BCUT2D eigenvalue weighted by molar-refractivity contribution is 6.56. The van der Waals surface area contributed by atoms with Crippen LogP contribution in [-0.2, 0) is 17.8 Å². The van der Waals surface area contributed by atoms with Gasteiger partial charge in [-0.25, -0.2) is 0 Å². The largest absolute Gasteiger partial charge is 0.318 e. The standard InChI is InChI=1S/C14H16BN2O2/c1-3-17-5-4-8-10(7-17)12-9(6-11(8)15-2)13(18)14(19)16-12/h6H,3-5,7H2,1-2H3,(H,16,18,19). The summed E-state index contributed by atoms with van der Waals surface area (Å²) in [6.45, 7) is 6.93. The van der Waals surface area contributed by atoms with Gasteiger partial charge in [0.05, 0.1) is 11.3 Å². The van der Waals surface area contributed by atoms with Crippen molar-refractivity contribution in [1.82, 2.24) is 4.90 Å². The molecule has 0 aliphatic carbocycles. The number of rotatable bonds is 2. The Morgan fingerprint density at radius 3 is 2.84 bits per heavy atom. The lowest BCUT2D eigenvalue weighted by molar-refractivity contribution is -0.112. The molecule has 0 atom stereocenters. The first-order valence-electron chi connectivity index (χ1n) is 6.71. The number of ketones is 1. The van der Waals surface area contributed by atoms with Crippen LogP contribution in [-0.4, -0.2) is 37.0 Å². The van der Waals surface area contributed by atoms with Crippen LogP contribution in [0.15, 0.2) is 6.07 Å². The van der Waals surface area contributed by atoms with Crippen LogP contribution in [0.5, 0.6) is 0 Å². The second kappa shape index (κ2) is 4.49. The molecule has 5 heteroatoms. The molecule has 0 unspecified atom stereocenters. The molecule has 0 saturated heterocycles. The summed E-state index contributed by atoms with van der Waals surface area (Å²) in [6.07, 6.45) is 0.972. The molecule has 0 fully saturated rings. The van der Waals surface area contributed by atoms with Crippen LogP contribution < -0.4 is 10.8 Å². The van der Waals surface area contributed by atoms with E-state index in [-0.39, 0.29) is 0 Å². The van der Waals surface area contributed by atoms with E-state index in [1.165, 1.54) is 5.56 Å². The number of amides is 1. The fraction of sp³-hybridized carbons (Fsp3) is 0.429. The van der Waals surface area contributed by atoms with Gasteiger partial charge in [0.2, 0.25) is 0 Å². The van der Waals surface area contributed by atoms with E-state index in [0.717, 1.165) is 42.8 Å². The topological polar surface area (TPSA) is 49.4 Å². The third-order valence-electron chi connectivity index (χ3n) is 4.09. The van der Waals surface area contributed by atoms with Crippen LogP contribution >= 0.6 is 0 Å². The minimum atomic E-state index is -0.501. The molecule has 1 amide bonds. The predicted molar refractivity (Wildman–Crippen MR) is 75.3 cm³/mol. The fourth-order valence-corrected chi connectivity index (χ4v) is 2.99. The highest BCUT2D eigenvalue weighted by Gasteiger charge is 2.33. The summed E-state index contributed by atoms with van der Waals surface area (Å²) in [6, 6.07) is 1.86. The number of carbonyl (C=O) groups is 2. The number of nitrogens with zero attached hydrogens (tertiary/aromatic N) is 1. The molecule has 1 radical (unpaired) electrons. The van der Waals surface area contributed by atoms with E-state index in [1.807, 2.05) is 20.2 Å². The Labute approximate surface area is 113 Å². The Morgan fingerprint density at radius 2 is 2.16 bits per heavy atom. The second-order valence-corrected chi connectivity index (χ2v) is 5.04. The van der Waals surface area contributed by atoms with Crippen LogP contribution in [0, 0.1) is 0 Å². The van der Waals surface area contributed by atoms with E-state index in [9.17, 15) is 9.59 Å². The molecule has 0 aromatic heterocycles. The van der Waals surface area contributed by atoms with Gasteiger partial charge in [-0.1, -0.05) is 25.3 Å². The predicted octanol–water partition coefficient (Wildman–Crippen LogP) is 0.577. The molecular weight excluding hydrogens is 239 g/mol. The molecule has 2 aliphatic heterocycles. The molecule has 97 valence electrons. The van der Waals surface area contributed by atoms with Gasteiger partial charge in [0.25, 0.3) is 11.7 Å². The Balaban J connectivity index is 2.17. The van der Waals surface area contributed by atoms with Crippen molar-refractivity contribution < 1.29 is 9.59 Å². The lowest BCUT2D eigenvalue weighted by atomic mass is 9.68. The Bertz CT molecular complexity index is 583. The van der Waals surface area contributed by atoms with Crippen LogP contribution in [0.25, 0.3) is 0 Å². The third kappa shape index (κ3) is 1.80. The number of nitrogens with one attached hydrogen (secondary N) is 1. The number of anilines is 1. The van der Waals surface area contributed by atoms with Crippen LogP contribution in [0.4, 0.5) is 5.69 Å². The highest BCUT2D eigenvalue weighted by atomic mass is 16.2. The summed E-state index contributed by atoms with van der Waals surface area (Å²) < 4.78 is 0. The maximum Gasteiger partial charge on any atom is 0.296 e. The van der Waals surface area contributed by atoms with E-state index in [2.05, 4.69) is 17.1 Å². The molecule has 3 rings (SSSR count). The Kier molecular flexibility index (Phi) is 2.94. The summed E-state index contributed by atoms with van der Waals surface area (Å²) in [7, 11) is 2.02. The summed E-state index contributed by atoms with van der Waals surface area (Å²) in [4.78, 5) is 25.8. The molecule has 1 aromatic rings. The van der Waals surface area contributed by atoms with Gasteiger partial charge in [-0.05, 0) is 24.1 Å². The van der Waals surface area contributed by atoms with E-state index >= 15 is 0 Å². The molecule has 0 saturated carbocycles. The summed E-state index contributed by atoms with van der Waals surface area (Å²) in [5.74, 6) is -0.909. The van der Waals surface area contributed by atoms with Crippen molar-refractivity contribution in [2.45, 2.75) is 26.7 Å². The van der Waals surface area contributed by atoms with Crippen molar-refractivity contribution in [1.29, 1.82) is 0 Å². The quantitative estimate of drug-likeness (QED) is 0.621. The zero-order chi connectivity index (χ0) is 13.6. The van der Waals surface area contributed by atoms with Crippen molar-refractivity contribution in [2.24, 2.45) is 0 Å². The zero-order valence-electron chi connectivity index (χ0n) is 11.2. The number of likely N-dealkylation sites (N-methyl/N-ethyl adjacent to an activating group) is 1. The molecule has 19 heavy (non-hydrogen) atoms. The molecule has 0 spiro atoms. The Hall–Kier alpha value is -1.62. The summed E-state index contributed by atoms with van der Waals surface area (Å²) >= 11 is 0. The molecule has 2 heterocycles.